The van der Waals surface area contributed by atoms with Crippen molar-refractivity contribution in [2.45, 2.75) is 31.5 Å². The highest BCUT2D eigenvalue weighted by atomic mass is 32.2. The Morgan fingerprint density at radius 1 is 1.24 bits per heavy atom. The first kappa shape index (κ1) is 19.0. The molecule has 0 saturated carbocycles. The number of benzene rings is 1. The van der Waals surface area contributed by atoms with Crippen molar-refractivity contribution in [1.29, 1.82) is 0 Å². The van der Waals surface area contributed by atoms with Crippen molar-refractivity contribution >= 4 is 34.5 Å². The summed E-state index contributed by atoms with van der Waals surface area (Å²) in [6.45, 7) is 2.55. The van der Waals surface area contributed by atoms with Gasteiger partial charge in [-0.25, -0.2) is 4.98 Å². The van der Waals surface area contributed by atoms with Gasteiger partial charge in [0.1, 0.15) is 0 Å². The number of carbonyl (C=O) groups excluding carboxylic acids is 2. The van der Waals surface area contributed by atoms with E-state index < -0.39 is 0 Å². The lowest BCUT2D eigenvalue weighted by atomic mass is 10.2. The first-order valence-corrected chi connectivity index (χ1v) is 9.15. The molecule has 2 rings (SSSR count). The van der Waals surface area contributed by atoms with E-state index >= 15 is 0 Å². The maximum atomic E-state index is 12.7. The first-order valence-electron chi connectivity index (χ1n) is 8.16. The highest BCUT2D eigenvalue weighted by Gasteiger charge is 2.13. The van der Waals surface area contributed by atoms with Crippen molar-refractivity contribution in [3.8, 4) is 0 Å². The van der Waals surface area contributed by atoms with Crippen molar-refractivity contribution in [3.05, 3.63) is 34.6 Å². The van der Waals surface area contributed by atoms with Gasteiger partial charge in [-0.2, -0.15) is 0 Å². The largest absolute Gasteiger partial charge is 0.358 e. The smallest absolute Gasteiger partial charge is 0.262 e. The molecule has 7 nitrogen and oxygen atoms in total. The van der Waals surface area contributed by atoms with Crippen molar-refractivity contribution < 1.29 is 9.59 Å². The fraction of sp³-hybridized carbons (Fsp3) is 0.412. The second-order valence-corrected chi connectivity index (χ2v) is 6.40. The molecule has 1 aromatic heterocycles. The van der Waals surface area contributed by atoms with E-state index in [0.717, 1.165) is 12.8 Å². The molecule has 0 radical (unpaired) electrons. The molecule has 25 heavy (non-hydrogen) atoms. The van der Waals surface area contributed by atoms with Crippen LogP contribution < -0.4 is 16.2 Å². The normalized spacial score (nSPS) is 10.6. The van der Waals surface area contributed by atoms with E-state index in [4.69, 9.17) is 0 Å². The summed E-state index contributed by atoms with van der Waals surface area (Å²) in [7, 11) is 1.51. The van der Waals surface area contributed by atoms with Gasteiger partial charge in [0.15, 0.2) is 5.16 Å². The highest BCUT2D eigenvalue weighted by Crippen LogP contribution is 2.18. The molecule has 0 unspecified atom stereocenters. The molecule has 0 atom stereocenters. The number of unbranched alkanes of at least 4 members (excludes halogenated alkanes) is 1. The van der Waals surface area contributed by atoms with Crippen LogP contribution in [0.3, 0.4) is 0 Å². The standard InChI is InChI=1S/C17H22N4O3S/c1-3-4-9-21-16(24)12-7-5-6-8-13(12)20-17(21)25-11-15(23)19-10-14(22)18-2/h5-8H,3-4,9-11H2,1-2H3,(H,18,22)(H,19,23). The van der Waals surface area contributed by atoms with E-state index in [0.29, 0.717) is 22.6 Å². The molecule has 2 amide bonds. The summed E-state index contributed by atoms with van der Waals surface area (Å²) in [6, 6.07) is 7.19. The third-order valence-electron chi connectivity index (χ3n) is 3.62. The number of hydrogen-bond acceptors (Lipinski definition) is 5. The van der Waals surface area contributed by atoms with Crippen molar-refractivity contribution in [2.24, 2.45) is 0 Å². The van der Waals surface area contributed by atoms with Crippen LogP contribution in [0.25, 0.3) is 10.9 Å². The second kappa shape index (κ2) is 9.22. The second-order valence-electron chi connectivity index (χ2n) is 5.46. The Kier molecular flexibility index (Phi) is 7.00. The zero-order valence-electron chi connectivity index (χ0n) is 14.4. The van der Waals surface area contributed by atoms with Gasteiger partial charge in [0.05, 0.1) is 23.2 Å². The number of likely N-dealkylation sites (N-methyl/N-ethyl adjacent to an activating group) is 1. The predicted molar refractivity (Wildman–Crippen MR) is 98.7 cm³/mol. The van der Waals surface area contributed by atoms with E-state index in [1.165, 1.54) is 18.8 Å². The molecule has 2 aromatic rings. The number of fused-ring (bicyclic) bond motifs is 1. The van der Waals surface area contributed by atoms with Gasteiger partial charge in [0, 0.05) is 13.6 Å². The van der Waals surface area contributed by atoms with Gasteiger partial charge in [-0.15, -0.1) is 0 Å². The Hall–Kier alpha value is -2.35. The van der Waals surface area contributed by atoms with Gasteiger partial charge in [-0.05, 0) is 18.6 Å². The van der Waals surface area contributed by atoms with Crippen LogP contribution >= 0.6 is 11.8 Å². The maximum absolute atomic E-state index is 12.7. The molecule has 0 spiro atoms. The molecular formula is C17H22N4O3S. The minimum absolute atomic E-state index is 0.0658. The monoisotopic (exact) mass is 362 g/mol. The third-order valence-corrected chi connectivity index (χ3v) is 4.60. The van der Waals surface area contributed by atoms with Gasteiger partial charge >= 0.3 is 0 Å². The van der Waals surface area contributed by atoms with Crippen LogP contribution in [0.2, 0.25) is 0 Å². The fourth-order valence-electron chi connectivity index (χ4n) is 2.22. The molecule has 0 saturated heterocycles. The molecule has 0 fully saturated rings. The summed E-state index contributed by atoms with van der Waals surface area (Å²) >= 11 is 1.20. The molecule has 1 aromatic carbocycles. The molecular weight excluding hydrogens is 340 g/mol. The average molecular weight is 362 g/mol. The molecule has 134 valence electrons. The van der Waals surface area contributed by atoms with E-state index in [-0.39, 0.29) is 29.7 Å². The average Bonchev–Trinajstić information content (AvgIpc) is 2.63. The lowest BCUT2D eigenvalue weighted by Gasteiger charge is -2.12. The number of nitrogens with zero attached hydrogens (tertiary/aromatic N) is 2. The summed E-state index contributed by atoms with van der Waals surface area (Å²) in [5, 5.41) is 6.06. The van der Waals surface area contributed by atoms with Gasteiger partial charge < -0.3 is 10.6 Å². The summed E-state index contributed by atoms with van der Waals surface area (Å²) in [4.78, 5) is 40.3. The van der Waals surface area contributed by atoms with Crippen LogP contribution in [-0.2, 0) is 16.1 Å². The molecule has 0 aliphatic carbocycles. The molecule has 0 bridgehead atoms. The van der Waals surface area contributed by atoms with Crippen LogP contribution in [0, 0.1) is 0 Å². The number of rotatable bonds is 8. The third kappa shape index (κ3) is 5.06. The molecule has 0 aliphatic heterocycles. The Morgan fingerprint density at radius 3 is 2.72 bits per heavy atom. The summed E-state index contributed by atoms with van der Waals surface area (Å²) in [6.07, 6.45) is 1.81. The summed E-state index contributed by atoms with van der Waals surface area (Å²) in [5.74, 6) is -0.450. The summed E-state index contributed by atoms with van der Waals surface area (Å²) in [5.41, 5.74) is 0.529. The van der Waals surface area contributed by atoms with E-state index in [2.05, 4.69) is 22.5 Å². The number of para-hydroxylation sites is 1. The van der Waals surface area contributed by atoms with Crippen LogP contribution in [0.1, 0.15) is 19.8 Å². The highest BCUT2D eigenvalue weighted by molar-refractivity contribution is 7.99. The minimum Gasteiger partial charge on any atom is -0.358 e. The van der Waals surface area contributed by atoms with Crippen LogP contribution in [0.5, 0.6) is 0 Å². The number of thioether (sulfide) groups is 1. The maximum Gasteiger partial charge on any atom is 0.262 e. The predicted octanol–water partition coefficient (Wildman–Crippen LogP) is 1.15. The number of hydrogen-bond donors (Lipinski definition) is 2. The Balaban J connectivity index is 2.19. The Morgan fingerprint density at radius 2 is 2.00 bits per heavy atom. The van der Waals surface area contributed by atoms with Crippen molar-refractivity contribution in [3.63, 3.8) is 0 Å². The quantitative estimate of drug-likeness (QED) is 0.543. The van der Waals surface area contributed by atoms with E-state index in [1.807, 2.05) is 12.1 Å². The Labute approximate surface area is 150 Å². The lowest BCUT2D eigenvalue weighted by Crippen LogP contribution is -2.36. The van der Waals surface area contributed by atoms with Gasteiger partial charge in [0.25, 0.3) is 5.56 Å². The zero-order valence-corrected chi connectivity index (χ0v) is 15.2. The van der Waals surface area contributed by atoms with Crippen LogP contribution in [0.15, 0.2) is 34.2 Å². The number of carbonyl (C=O) groups is 2. The first-order chi connectivity index (χ1) is 12.1. The summed E-state index contributed by atoms with van der Waals surface area (Å²) < 4.78 is 1.63. The lowest BCUT2D eigenvalue weighted by molar-refractivity contribution is -0.124. The number of nitrogens with one attached hydrogen (secondary N) is 2. The van der Waals surface area contributed by atoms with Crippen LogP contribution in [0.4, 0.5) is 0 Å². The number of aromatic nitrogens is 2. The van der Waals surface area contributed by atoms with E-state index in [9.17, 15) is 14.4 Å². The SMILES string of the molecule is CCCCn1c(SCC(=O)NCC(=O)NC)nc2ccccc2c1=O. The fourth-order valence-corrected chi connectivity index (χ4v) is 3.07. The molecule has 8 heteroatoms. The molecule has 2 N–H and O–H groups in total. The number of amides is 2. The van der Waals surface area contributed by atoms with Crippen molar-refractivity contribution in [1.82, 2.24) is 20.2 Å². The van der Waals surface area contributed by atoms with Gasteiger partial charge in [0.2, 0.25) is 11.8 Å². The Bertz CT molecular complexity index is 819. The van der Waals surface area contributed by atoms with Gasteiger partial charge in [-0.3, -0.25) is 19.0 Å². The zero-order chi connectivity index (χ0) is 18.2. The molecule has 1 heterocycles. The van der Waals surface area contributed by atoms with Crippen LogP contribution in [-0.4, -0.2) is 40.7 Å². The minimum atomic E-state index is -0.280. The van der Waals surface area contributed by atoms with Crippen molar-refractivity contribution in [2.75, 3.05) is 19.3 Å². The molecule has 0 aliphatic rings. The topological polar surface area (TPSA) is 93.1 Å². The van der Waals surface area contributed by atoms with Gasteiger partial charge in [-0.1, -0.05) is 37.2 Å². The van der Waals surface area contributed by atoms with E-state index in [1.54, 1.807) is 16.7 Å².